The van der Waals surface area contributed by atoms with Crippen LogP contribution in [0.2, 0.25) is 0 Å². The van der Waals surface area contributed by atoms with E-state index in [1.807, 2.05) is 47.7 Å². The molecule has 1 aliphatic rings. The summed E-state index contributed by atoms with van der Waals surface area (Å²) in [7, 11) is 3.30. The molecule has 1 saturated heterocycles. The van der Waals surface area contributed by atoms with Gasteiger partial charge in [0.2, 0.25) is 5.95 Å². The van der Waals surface area contributed by atoms with Crippen LogP contribution in [0.25, 0.3) is 16.6 Å². The third kappa shape index (κ3) is 4.51. The summed E-state index contributed by atoms with van der Waals surface area (Å²) in [6.07, 6.45) is 3.62. The maximum atomic E-state index is 10.3. The fraction of sp³-hybridized carbons (Fsp3) is 0.385. The zero-order valence-electron chi connectivity index (χ0n) is 19.9. The first-order valence-corrected chi connectivity index (χ1v) is 11.6. The molecule has 4 aromatic rings. The minimum Gasteiger partial charge on any atom is -0.497 e. The van der Waals surface area contributed by atoms with Gasteiger partial charge in [0.1, 0.15) is 17.1 Å². The summed E-state index contributed by atoms with van der Waals surface area (Å²) in [6, 6.07) is 13.9. The highest BCUT2D eigenvalue weighted by Crippen LogP contribution is 2.27. The second kappa shape index (κ2) is 9.12. The van der Waals surface area contributed by atoms with Gasteiger partial charge in [0.25, 0.3) is 0 Å². The average molecular weight is 462 g/mol. The van der Waals surface area contributed by atoms with Crippen molar-refractivity contribution in [2.45, 2.75) is 38.5 Å². The van der Waals surface area contributed by atoms with Gasteiger partial charge in [-0.2, -0.15) is 0 Å². The van der Waals surface area contributed by atoms with Crippen LogP contribution < -0.4 is 14.8 Å². The van der Waals surface area contributed by atoms with Gasteiger partial charge in [-0.15, -0.1) is 0 Å². The fourth-order valence-electron chi connectivity index (χ4n) is 4.50. The van der Waals surface area contributed by atoms with Crippen molar-refractivity contribution in [1.82, 2.24) is 19.3 Å². The zero-order chi connectivity index (χ0) is 23.7. The monoisotopic (exact) mass is 461 g/mol. The predicted octanol–water partition coefficient (Wildman–Crippen LogP) is 3.86. The highest BCUT2D eigenvalue weighted by molar-refractivity contribution is 5.92. The number of anilines is 1. The molecule has 1 aliphatic heterocycles. The summed E-state index contributed by atoms with van der Waals surface area (Å²) >= 11 is 0. The number of fused-ring (bicyclic) bond motifs is 3. The predicted molar refractivity (Wildman–Crippen MR) is 133 cm³/mol. The largest absolute Gasteiger partial charge is 0.497 e. The van der Waals surface area contributed by atoms with E-state index >= 15 is 0 Å². The van der Waals surface area contributed by atoms with Gasteiger partial charge in [-0.05, 0) is 44.0 Å². The Balaban J connectivity index is 1.45. The van der Waals surface area contributed by atoms with E-state index in [0.717, 1.165) is 77.7 Å². The summed E-state index contributed by atoms with van der Waals surface area (Å²) in [5.41, 5.74) is 3.21. The topological polar surface area (TPSA) is 84.2 Å². The number of hydrogen-bond acceptors (Lipinski definition) is 7. The van der Waals surface area contributed by atoms with Crippen LogP contribution in [0.4, 0.5) is 5.95 Å². The third-order valence-corrected chi connectivity index (χ3v) is 6.61. The normalized spacial score (nSPS) is 16.1. The number of aliphatic hydroxyl groups is 1. The molecule has 8 heteroatoms. The molecule has 0 bridgehead atoms. The van der Waals surface area contributed by atoms with Crippen LogP contribution in [0.5, 0.6) is 11.5 Å². The molecule has 0 saturated carbocycles. The number of para-hydroxylation sites is 1. The second-order valence-corrected chi connectivity index (χ2v) is 9.18. The van der Waals surface area contributed by atoms with Crippen LogP contribution in [0, 0.1) is 0 Å². The Labute approximate surface area is 199 Å². The summed E-state index contributed by atoms with van der Waals surface area (Å²) in [5, 5.41) is 14.8. The van der Waals surface area contributed by atoms with Crippen molar-refractivity contribution in [2.24, 2.45) is 0 Å². The highest BCUT2D eigenvalue weighted by Gasteiger charge is 2.27. The first kappa shape index (κ1) is 22.4. The van der Waals surface area contributed by atoms with Crippen LogP contribution in [0.1, 0.15) is 31.0 Å². The molecule has 0 amide bonds. The number of methoxy groups -OCH3 is 2. The molecule has 34 heavy (non-hydrogen) atoms. The average Bonchev–Trinajstić information content (AvgIpc) is 3.28. The van der Waals surface area contributed by atoms with Crippen molar-refractivity contribution >= 4 is 22.5 Å². The molecule has 0 aliphatic carbocycles. The van der Waals surface area contributed by atoms with Crippen molar-refractivity contribution in [3.8, 4) is 11.5 Å². The Bertz CT molecular complexity index is 1310. The van der Waals surface area contributed by atoms with E-state index in [0.29, 0.717) is 6.54 Å². The van der Waals surface area contributed by atoms with Gasteiger partial charge in [0, 0.05) is 49.4 Å². The molecule has 2 aromatic carbocycles. The molecule has 2 aromatic heterocycles. The Morgan fingerprint density at radius 1 is 1.06 bits per heavy atom. The van der Waals surface area contributed by atoms with Crippen LogP contribution >= 0.6 is 0 Å². The van der Waals surface area contributed by atoms with Crippen LogP contribution in [0.15, 0.2) is 48.7 Å². The summed E-state index contributed by atoms with van der Waals surface area (Å²) in [4.78, 5) is 12.2. The van der Waals surface area contributed by atoms with Crippen LogP contribution in [-0.4, -0.2) is 57.3 Å². The van der Waals surface area contributed by atoms with Crippen LogP contribution in [-0.2, 0) is 13.1 Å². The van der Waals surface area contributed by atoms with Gasteiger partial charge in [0.15, 0.2) is 0 Å². The summed E-state index contributed by atoms with van der Waals surface area (Å²) in [5.74, 6) is 2.24. The standard InChI is InChI=1S/C26H31N5O3/c1-26(32)10-12-30(13-11-26)16-19-17-31-24(28-19)21-6-4-5-7-22(21)29-25(31)27-15-18-8-9-20(33-2)14-23(18)34-3/h4-9,14,17,32H,10-13,15-16H2,1-3H3,(H,27,29). The Kier molecular flexibility index (Phi) is 6.02. The lowest BCUT2D eigenvalue weighted by atomic mass is 9.94. The Hall–Kier alpha value is -3.36. The van der Waals surface area contributed by atoms with Gasteiger partial charge in [-0.25, -0.2) is 9.97 Å². The number of benzene rings is 2. The molecule has 178 valence electrons. The number of ether oxygens (including phenoxy) is 2. The van der Waals surface area contributed by atoms with Crippen molar-refractivity contribution in [2.75, 3.05) is 32.6 Å². The second-order valence-electron chi connectivity index (χ2n) is 9.18. The van der Waals surface area contributed by atoms with Gasteiger partial charge in [-0.3, -0.25) is 9.30 Å². The van der Waals surface area contributed by atoms with Gasteiger partial charge < -0.3 is 19.9 Å². The molecule has 3 heterocycles. The number of imidazole rings is 1. The molecule has 0 radical (unpaired) electrons. The Morgan fingerprint density at radius 2 is 1.85 bits per heavy atom. The number of likely N-dealkylation sites (tertiary alicyclic amines) is 1. The zero-order valence-corrected chi connectivity index (χ0v) is 19.9. The molecule has 1 fully saturated rings. The van der Waals surface area contributed by atoms with Crippen molar-refractivity contribution < 1.29 is 14.6 Å². The molecule has 0 unspecified atom stereocenters. The molecular weight excluding hydrogens is 430 g/mol. The van der Waals surface area contributed by atoms with Crippen molar-refractivity contribution in [1.29, 1.82) is 0 Å². The SMILES string of the molecule is COc1ccc(CNc2nc3ccccc3c3nc(CN4CCC(C)(O)CC4)cn23)c(OC)c1. The van der Waals surface area contributed by atoms with Crippen LogP contribution in [0.3, 0.4) is 0 Å². The number of nitrogens with one attached hydrogen (secondary N) is 1. The lowest BCUT2D eigenvalue weighted by Gasteiger charge is -2.35. The van der Waals surface area contributed by atoms with E-state index in [2.05, 4.69) is 22.5 Å². The first-order chi connectivity index (χ1) is 16.5. The van der Waals surface area contributed by atoms with E-state index in [1.165, 1.54) is 0 Å². The number of hydrogen-bond donors (Lipinski definition) is 2. The molecule has 8 nitrogen and oxygen atoms in total. The van der Waals surface area contributed by atoms with E-state index in [-0.39, 0.29) is 0 Å². The van der Waals surface area contributed by atoms with Gasteiger partial charge in [-0.1, -0.05) is 12.1 Å². The minimum absolute atomic E-state index is 0.544. The highest BCUT2D eigenvalue weighted by atomic mass is 16.5. The maximum Gasteiger partial charge on any atom is 0.209 e. The van der Waals surface area contributed by atoms with E-state index in [9.17, 15) is 5.11 Å². The molecule has 2 N–H and O–H groups in total. The number of piperidine rings is 1. The van der Waals surface area contributed by atoms with Crippen molar-refractivity contribution in [3.05, 3.63) is 59.9 Å². The third-order valence-electron chi connectivity index (χ3n) is 6.61. The van der Waals surface area contributed by atoms with Gasteiger partial charge in [0.05, 0.1) is 31.0 Å². The minimum atomic E-state index is -0.560. The molecular formula is C26H31N5O3. The molecule has 5 rings (SSSR count). The fourth-order valence-corrected chi connectivity index (χ4v) is 4.50. The smallest absolute Gasteiger partial charge is 0.209 e. The van der Waals surface area contributed by atoms with E-state index in [1.54, 1.807) is 14.2 Å². The first-order valence-electron chi connectivity index (χ1n) is 11.6. The summed E-state index contributed by atoms with van der Waals surface area (Å²) < 4.78 is 12.9. The lowest BCUT2D eigenvalue weighted by Crippen LogP contribution is -2.42. The van der Waals surface area contributed by atoms with Gasteiger partial charge >= 0.3 is 0 Å². The molecule has 0 spiro atoms. The Morgan fingerprint density at radius 3 is 2.62 bits per heavy atom. The van der Waals surface area contributed by atoms with E-state index < -0.39 is 5.60 Å². The van der Waals surface area contributed by atoms with Crippen molar-refractivity contribution in [3.63, 3.8) is 0 Å². The number of nitrogens with zero attached hydrogens (tertiary/aromatic N) is 4. The van der Waals surface area contributed by atoms with E-state index in [4.69, 9.17) is 19.4 Å². The number of aromatic nitrogens is 3. The quantitative estimate of drug-likeness (QED) is 0.432. The summed E-state index contributed by atoms with van der Waals surface area (Å²) in [6.45, 7) is 4.94. The lowest BCUT2D eigenvalue weighted by molar-refractivity contribution is -0.00754. The maximum absolute atomic E-state index is 10.3. The molecule has 0 atom stereocenters. The number of rotatable bonds is 7.